The summed E-state index contributed by atoms with van der Waals surface area (Å²) >= 11 is 0. The number of nitrogens with zero attached hydrogens (tertiary/aromatic N) is 1. The van der Waals surface area contributed by atoms with Gasteiger partial charge < -0.3 is 18.9 Å². The average Bonchev–Trinajstić information content (AvgIpc) is 3.26. The highest BCUT2D eigenvalue weighted by Crippen LogP contribution is 2.34. The number of likely N-dealkylation sites (tertiary alicyclic amines) is 1. The fraction of sp³-hybridized carbons (Fsp3) is 0.500. The van der Waals surface area contributed by atoms with Crippen molar-refractivity contribution in [1.82, 2.24) is 4.90 Å². The molecule has 0 bridgehead atoms. The molecule has 29 heavy (non-hydrogen) atoms. The Morgan fingerprint density at radius 3 is 2.24 bits per heavy atom. The number of benzene rings is 2. The van der Waals surface area contributed by atoms with Gasteiger partial charge in [-0.15, -0.1) is 0 Å². The Kier molecular flexibility index (Phi) is 6.32. The van der Waals surface area contributed by atoms with E-state index in [1.165, 1.54) is 11.1 Å². The van der Waals surface area contributed by atoms with E-state index in [1.807, 2.05) is 38.1 Å². The van der Waals surface area contributed by atoms with Crippen LogP contribution in [-0.2, 0) is 32.1 Å². The normalized spacial score (nSPS) is 29.3. The highest BCUT2D eigenvalue weighted by atomic mass is 16.7. The maximum Gasteiger partial charge on any atom is 0.163 e. The molecule has 2 aliphatic rings. The van der Waals surface area contributed by atoms with Gasteiger partial charge in [-0.3, -0.25) is 4.90 Å². The van der Waals surface area contributed by atoms with Crippen LogP contribution in [0.3, 0.4) is 0 Å². The van der Waals surface area contributed by atoms with E-state index in [2.05, 4.69) is 41.3 Å². The quantitative estimate of drug-likeness (QED) is 0.714. The molecule has 0 saturated carbocycles. The Labute approximate surface area is 173 Å². The number of methoxy groups -OCH3 is 1. The predicted molar refractivity (Wildman–Crippen MR) is 111 cm³/mol. The third-order valence-corrected chi connectivity index (χ3v) is 5.76. The van der Waals surface area contributed by atoms with E-state index < -0.39 is 5.79 Å². The first kappa shape index (κ1) is 20.5. The molecule has 0 radical (unpaired) electrons. The molecule has 2 heterocycles. The van der Waals surface area contributed by atoms with Crippen LogP contribution in [0.25, 0.3) is 0 Å². The summed E-state index contributed by atoms with van der Waals surface area (Å²) < 4.78 is 24.4. The van der Waals surface area contributed by atoms with E-state index in [0.29, 0.717) is 13.2 Å². The van der Waals surface area contributed by atoms with E-state index in [9.17, 15) is 0 Å². The maximum atomic E-state index is 6.34. The number of hydrogen-bond donors (Lipinski definition) is 0. The molecule has 156 valence electrons. The molecule has 4 atom stereocenters. The van der Waals surface area contributed by atoms with Crippen LogP contribution >= 0.6 is 0 Å². The zero-order chi connectivity index (χ0) is 20.3. The minimum atomic E-state index is -0.565. The van der Waals surface area contributed by atoms with Crippen molar-refractivity contribution in [3.8, 4) is 0 Å². The summed E-state index contributed by atoms with van der Waals surface area (Å²) in [5, 5.41) is 0. The Hall–Kier alpha value is -1.76. The number of ether oxygens (including phenoxy) is 4. The zero-order valence-electron chi connectivity index (χ0n) is 17.5. The Bertz CT molecular complexity index is 767. The lowest BCUT2D eigenvalue weighted by atomic mass is 10.0. The smallest absolute Gasteiger partial charge is 0.163 e. The molecule has 2 aromatic carbocycles. The van der Waals surface area contributed by atoms with Crippen LogP contribution in [0.4, 0.5) is 0 Å². The van der Waals surface area contributed by atoms with Gasteiger partial charge in [0.05, 0.1) is 25.4 Å². The fourth-order valence-electron chi connectivity index (χ4n) is 4.42. The standard InChI is InChI=1S/C24H31NO4/c1-24(2)28-17-21(29-24)22-23(26-3)20(27-16-19-12-8-5-9-13-19)15-25(22)14-18-10-6-4-7-11-18/h4-13,20-23H,14-17H2,1-3H3/t20-,21-,22+,23+/m1/s1. The molecule has 0 N–H and O–H groups in total. The van der Waals surface area contributed by atoms with Crippen molar-refractivity contribution >= 4 is 0 Å². The summed E-state index contributed by atoms with van der Waals surface area (Å²) in [5.74, 6) is -0.565. The van der Waals surface area contributed by atoms with Crippen molar-refractivity contribution in [3.05, 3.63) is 71.8 Å². The van der Waals surface area contributed by atoms with E-state index in [-0.39, 0.29) is 24.4 Å². The average molecular weight is 398 g/mol. The van der Waals surface area contributed by atoms with Crippen molar-refractivity contribution in [3.63, 3.8) is 0 Å². The van der Waals surface area contributed by atoms with E-state index in [4.69, 9.17) is 18.9 Å². The maximum absolute atomic E-state index is 6.34. The second-order valence-electron chi connectivity index (χ2n) is 8.31. The van der Waals surface area contributed by atoms with Crippen LogP contribution < -0.4 is 0 Å². The van der Waals surface area contributed by atoms with Crippen molar-refractivity contribution < 1.29 is 18.9 Å². The molecule has 2 saturated heterocycles. The summed E-state index contributed by atoms with van der Waals surface area (Å²) in [6.07, 6.45) is -0.157. The molecular formula is C24H31NO4. The zero-order valence-corrected chi connectivity index (χ0v) is 17.5. The second kappa shape index (κ2) is 8.94. The first-order valence-electron chi connectivity index (χ1n) is 10.3. The van der Waals surface area contributed by atoms with Gasteiger partial charge >= 0.3 is 0 Å². The van der Waals surface area contributed by atoms with Crippen LogP contribution in [0, 0.1) is 0 Å². The first-order chi connectivity index (χ1) is 14.1. The molecule has 4 rings (SSSR count). The van der Waals surface area contributed by atoms with Crippen LogP contribution in [0.1, 0.15) is 25.0 Å². The molecule has 2 aromatic rings. The summed E-state index contributed by atoms with van der Waals surface area (Å²) in [5.41, 5.74) is 2.44. The Morgan fingerprint density at radius 1 is 1.00 bits per heavy atom. The van der Waals surface area contributed by atoms with Gasteiger partial charge in [-0.2, -0.15) is 0 Å². The van der Waals surface area contributed by atoms with Crippen molar-refractivity contribution in [2.45, 2.75) is 57.1 Å². The molecule has 2 fully saturated rings. The van der Waals surface area contributed by atoms with Gasteiger partial charge in [-0.25, -0.2) is 0 Å². The van der Waals surface area contributed by atoms with Crippen molar-refractivity contribution in [1.29, 1.82) is 0 Å². The Morgan fingerprint density at radius 2 is 1.66 bits per heavy atom. The third-order valence-electron chi connectivity index (χ3n) is 5.76. The van der Waals surface area contributed by atoms with Crippen LogP contribution in [0.2, 0.25) is 0 Å². The summed E-state index contributed by atoms with van der Waals surface area (Å²) in [6, 6.07) is 20.9. The molecule has 0 spiro atoms. The highest BCUT2D eigenvalue weighted by molar-refractivity contribution is 5.16. The van der Waals surface area contributed by atoms with Crippen LogP contribution in [-0.4, -0.2) is 55.3 Å². The molecule has 0 unspecified atom stereocenters. The van der Waals surface area contributed by atoms with Gasteiger partial charge in [0.25, 0.3) is 0 Å². The van der Waals surface area contributed by atoms with Gasteiger partial charge in [0.15, 0.2) is 5.79 Å². The minimum absolute atomic E-state index is 0.0266. The van der Waals surface area contributed by atoms with Gasteiger partial charge in [0.1, 0.15) is 12.2 Å². The predicted octanol–water partition coefficient (Wildman–Crippen LogP) is 3.62. The lowest BCUT2D eigenvalue weighted by Crippen LogP contribution is -2.47. The fourth-order valence-corrected chi connectivity index (χ4v) is 4.42. The summed E-state index contributed by atoms with van der Waals surface area (Å²) in [6.45, 7) is 6.70. The number of rotatable bonds is 7. The lowest BCUT2D eigenvalue weighted by molar-refractivity contribution is -0.152. The monoisotopic (exact) mass is 397 g/mol. The van der Waals surface area contributed by atoms with Gasteiger partial charge in [0, 0.05) is 20.2 Å². The molecular weight excluding hydrogens is 366 g/mol. The molecule has 0 amide bonds. The molecule has 0 aromatic heterocycles. The Balaban J connectivity index is 1.52. The van der Waals surface area contributed by atoms with Gasteiger partial charge in [0.2, 0.25) is 0 Å². The van der Waals surface area contributed by atoms with E-state index in [0.717, 1.165) is 13.1 Å². The van der Waals surface area contributed by atoms with Crippen molar-refractivity contribution in [2.24, 2.45) is 0 Å². The SMILES string of the molecule is CO[C@@H]1[C@H]([C@H]2COC(C)(C)O2)N(Cc2ccccc2)C[C@H]1OCc1ccccc1. The second-order valence-corrected chi connectivity index (χ2v) is 8.31. The third kappa shape index (κ3) is 4.87. The van der Waals surface area contributed by atoms with Crippen LogP contribution in [0.5, 0.6) is 0 Å². The van der Waals surface area contributed by atoms with Crippen LogP contribution in [0.15, 0.2) is 60.7 Å². The molecule has 5 nitrogen and oxygen atoms in total. The highest BCUT2D eigenvalue weighted by Gasteiger charge is 2.50. The summed E-state index contributed by atoms with van der Waals surface area (Å²) in [4.78, 5) is 2.43. The molecule has 2 aliphatic heterocycles. The van der Waals surface area contributed by atoms with E-state index >= 15 is 0 Å². The van der Waals surface area contributed by atoms with Crippen molar-refractivity contribution in [2.75, 3.05) is 20.3 Å². The van der Waals surface area contributed by atoms with E-state index in [1.54, 1.807) is 7.11 Å². The number of hydrogen-bond acceptors (Lipinski definition) is 5. The lowest BCUT2D eigenvalue weighted by Gasteiger charge is -2.32. The molecule has 5 heteroatoms. The first-order valence-corrected chi connectivity index (χ1v) is 10.3. The largest absolute Gasteiger partial charge is 0.377 e. The minimum Gasteiger partial charge on any atom is -0.377 e. The van der Waals surface area contributed by atoms with Gasteiger partial charge in [-0.1, -0.05) is 60.7 Å². The summed E-state index contributed by atoms with van der Waals surface area (Å²) in [7, 11) is 1.77. The molecule has 0 aliphatic carbocycles. The van der Waals surface area contributed by atoms with Gasteiger partial charge in [-0.05, 0) is 25.0 Å². The topological polar surface area (TPSA) is 40.2 Å².